The van der Waals surface area contributed by atoms with E-state index in [-0.39, 0.29) is 26.9 Å². The summed E-state index contributed by atoms with van der Waals surface area (Å²) in [5.41, 5.74) is -0.544. The molecule has 26 heavy (non-hydrogen) atoms. The van der Waals surface area contributed by atoms with Gasteiger partial charge in [-0.3, -0.25) is 0 Å². The number of carbonyl (C=O) groups is 1. The Labute approximate surface area is 160 Å². The fraction of sp³-hybridized carbons (Fsp3) is 0.400. The number of nitrogens with zero attached hydrogens (tertiary/aromatic N) is 2. The van der Waals surface area contributed by atoms with Crippen molar-refractivity contribution in [2.75, 3.05) is 0 Å². The lowest BCUT2D eigenvalue weighted by Gasteiger charge is -2.12. The molecule has 0 saturated carbocycles. The number of hydrogen-bond donors (Lipinski definition) is 1. The Bertz CT molecular complexity index is 951. The van der Waals surface area contributed by atoms with E-state index < -0.39 is 27.0 Å². The highest BCUT2D eigenvalue weighted by Crippen LogP contribution is 2.30. The molecule has 1 aromatic heterocycles. The van der Waals surface area contributed by atoms with Crippen molar-refractivity contribution >= 4 is 39.2 Å². The summed E-state index contributed by atoms with van der Waals surface area (Å²) in [5, 5.41) is 8.64. The van der Waals surface area contributed by atoms with Crippen molar-refractivity contribution in [3.8, 4) is 0 Å². The second-order valence-corrected chi connectivity index (χ2v) is 8.91. The molecule has 0 fully saturated rings. The lowest BCUT2D eigenvalue weighted by atomic mass is 9.96. The van der Waals surface area contributed by atoms with E-state index in [9.17, 15) is 13.2 Å². The van der Waals surface area contributed by atoms with Gasteiger partial charge in [0.2, 0.25) is 10.0 Å². The van der Waals surface area contributed by atoms with Crippen molar-refractivity contribution in [3.05, 3.63) is 39.5 Å². The Morgan fingerprint density at radius 1 is 1.27 bits per heavy atom. The summed E-state index contributed by atoms with van der Waals surface area (Å²) in [6.45, 7) is 7.24. The molecule has 0 bridgehead atoms. The molecule has 142 valence electrons. The first-order chi connectivity index (χ1) is 11.8. The maximum Gasteiger partial charge on any atom is 0.340 e. The lowest BCUT2D eigenvalue weighted by Crippen LogP contribution is -2.16. The molecule has 1 aromatic carbocycles. The number of halogens is 2. The standard InChI is InChI=1S/C15H17Cl2N3O5S/c1-7(12-19-14(20-25-12)15(2,3)4)24-13(21)8-5-11(26(18,22)23)10(17)6-9(8)16/h5-7H,1-4H3,(H2,18,22,23)/t7-/m1/s1. The Morgan fingerprint density at radius 2 is 1.88 bits per heavy atom. The van der Waals surface area contributed by atoms with Crippen LogP contribution in [-0.2, 0) is 20.2 Å². The number of benzene rings is 1. The fourth-order valence-electron chi connectivity index (χ4n) is 1.88. The second kappa shape index (κ2) is 7.15. The molecule has 0 saturated heterocycles. The molecule has 8 nitrogen and oxygen atoms in total. The summed E-state index contributed by atoms with van der Waals surface area (Å²) in [5.74, 6) is -0.337. The number of rotatable bonds is 4. The van der Waals surface area contributed by atoms with E-state index in [1.165, 1.54) is 6.92 Å². The smallest absolute Gasteiger partial charge is 0.340 e. The van der Waals surface area contributed by atoms with Crippen LogP contribution in [-0.4, -0.2) is 24.5 Å². The van der Waals surface area contributed by atoms with Crippen LogP contribution in [0.1, 0.15) is 55.9 Å². The molecule has 0 unspecified atom stereocenters. The van der Waals surface area contributed by atoms with Crippen molar-refractivity contribution in [1.82, 2.24) is 10.1 Å². The Morgan fingerprint density at radius 3 is 2.38 bits per heavy atom. The van der Waals surface area contributed by atoms with Gasteiger partial charge in [0.05, 0.1) is 15.6 Å². The zero-order valence-corrected chi connectivity index (χ0v) is 16.7. The Kier molecular flexibility index (Phi) is 5.67. The van der Waals surface area contributed by atoms with Crippen LogP contribution >= 0.6 is 23.2 Å². The predicted molar refractivity (Wildman–Crippen MR) is 94.7 cm³/mol. The van der Waals surface area contributed by atoms with Gasteiger partial charge in [-0.05, 0) is 19.1 Å². The minimum atomic E-state index is -4.14. The summed E-state index contributed by atoms with van der Waals surface area (Å²) in [7, 11) is -4.14. The third-order valence-corrected chi connectivity index (χ3v) is 4.98. The highest BCUT2D eigenvalue weighted by Gasteiger charge is 2.27. The normalized spacial score (nSPS) is 13.5. The minimum absolute atomic E-state index is 0.0829. The third kappa shape index (κ3) is 4.53. The number of carbonyl (C=O) groups excluding carboxylic acids is 1. The van der Waals surface area contributed by atoms with Gasteiger partial charge >= 0.3 is 5.97 Å². The van der Waals surface area contributed by atoms with Crippen molar-refractivity contribution < 1.29 is 22.5 Å². The van der Waals surface area contributed by atoms with Gasteiger partial charge < -0.3 is 9.26 Å². The van der Waals surface area contributed by atoms with E-state index >= 15 is 0 Å². The average molecular weight is 422 g/mol. The van der Waals surface area contributed by atoms with Crippen LogP contribution in [0.25, 0.3) is 0 Å². The third-order valence-electron chi connectivity index (χ3n) is 3.29. The molecule has 0 aliphatic carbocycles. The topological polar surface area (TPSA) is 125 Å². The van der Waals surface area contributed by atoms with Gasteiger partial charge in [-0.25, -0.2) is 18.4 Å². The molecule has 2 aromatic rings. The average Bonchev–Trinajstić information content (AvgIpc) is 2.95. The number of sulfonamides is 1. The number of nitrogens with two attached hydrogens (primary N) is 1. The number of hydrogen-bond acceptors (Lipinski definition) is 7. The van der Waals surface area contributed by atoms with Gasteiger partial charge in [0, 0.05) is 5.41 Å². The van der Waals surface area contributed by atoms with E-state index in [4.69, 9.17) is 37.6 Å². The molecule has 1 heterocycles. The number of esters is 1. The van der Waals surface area contributed by atoms with Gasteiger partial charge in [0.15, 0.2) is 11.9 Å². The summed E-state index contributed by atoms with van der Waals surface area (Å²) in [6, 6.07) is 2.07. The molecule has 0 radical (unpaired) electrons. The molecule has 0 aliphatic heterocycles. The molecule has 11 heteroatoms. The highest BCUT2D eigenvalue weighted by molar-refractivity contribution is 7.89. The molecule has 0 spiro atoms. The van der Waals surface area contributed by atoms with E-state index in [0.717, 1.165) is 12.1 Å². The van der Waals surface area contributed by atoms with Crippen LogP contribution < -0.4 is 5.14 Å². The van der Waals surface area contributed by atoms with Gasteiger partial charge in [-0.2, -0.15) is 4.98 Å². The molecular weight excluding hydrogens is 405 g/mol. The zero-order valence-electron chi connectivity index (χ0n) is 14.4. The van der Waals surface area contributed by atoms with Crippen LogP contribution in [0.5, 0.6) is 0 Å². The summed E-state index contributed by atoms with van der Waals surface area (Å²) in [4.78, 5) is 16.1. The molecule has 0 amide bonds. The van der Waals surface area contributed by atoms with Crippen LogP contribution in [0, 0.1) is 0 Å². The van der Waals surface area contributed by atoms with Crippen molar-refractivity contribution in [3.63, 3.8) is 0 Å². The van der Waals surface area contributed by atoms with Crippen molar-refractivity contribution in [2.45, 2.75) is 44.1 Å². The van der Waals surface area contributed by atoms with Gasteiger partial charge in [0.25, 0.3) is 5.89 Å². The molecule has 1 atom stereocenters. The quantitative estimate of drug-likeness (QED) is 0.750. The zero-order chi connectivity index (χ0) is 19.9. The molecule has 0 aliphatic rings. The Balaban J connectivity index is 2.28. The monoisotopic (exact) mass is 421 g/mol. The summed E-state index contributed by atoms with van der Waals surface area (Å²) >= 11 is 11.8. The molecule has 2 rings (SSSR count). The molecular formula is C15H17Cl2N3O5S. The molecule has 2 N–H and O–H groups in total. The summed E-state index contributed by atoms with van der Waals surface area (Å²) < 4.78 is 33.4. The fourth-order valence-corrected chi connectivity index (χ4v) is 3.28. The van der Waals surface area contributed by atoms with Gasteiger partial charge in [-0.15, -0.1) is 0 Å². The number of primary sulfonamides is 1. The van der Waals surface area contributed by atoms with Crippen LogP contribution in [0.3, 0.4) is 0 Å². The number of ether oxygens (including phenoxy) is 1. The van der Waals surface area contributed by atoms with Gasteiger partial charge in [0.1, 0.15) is 4.90 Å². The van der Waals surface area contributed by atoms with Gasteiger partial charge in [-0.1, -0.05) is 49.1 Å². The van der Waals surface area contributed by atoms with Crippen LogP contribution in [0.2, 0.25) is 10.0 Å². The van der Waals surface area contributed by atoms with E-state index in [0.29, 0.717) is 5.82 Å². The van der Waals surface area contributed by atoms with Crippen LogP contribution in [0.15, 0.2) is 21.6 Å². The van der Waals surface area contributed by atoms with Crippen molar-refractivity contribution in [2.24, 2.45) is 5.14 Å². The minimum Gasteiger partial charge on any atom is -0.449 e. The lowest BCUT2D eigenvalue weighted by molar-refractivity contribution is 0.0265. The predicted octanol–water partition coefficient (Wildman–Crippen LogP) is 3.24. The van der Waals surface area contributed by atoms with E-state index in [1.54, 1.807) is 0 Å². The second-order valence-electron chi connectivity index (χ2n) is 6.56. The first-order valence-electron chi connectivity index (χ1n) is 7.37. The summed E-state index contributed by atoms with van der Waals surface area (Å²) in [6.07, 6.45) is -0.879. The van der Waals surface area contributed by atoms with E-state index in [2.05, 4.69) is 10.1 Å². The van der Waals surface area contributed by atoms with Crippen molar-refractivity contribution in [1.29, 1.82) is 0 Å². The SMILES string of the molecule is C[C@@H](OC(=O)c1cc(S(N)(=O)=O)c(Cl)cc1Cl)c1nc(C(C)(C)C)no1. The van der Waals surface area contributed by atoms with Crippen LogP contribution in [0.4, 0.5) is 0 Å². The number of aromatic nitrogens is 2. The van der Waals surface area contributed by atoms with E-state index in [1.807, 2.05) is 20.8 Å². The first kappa shape index (κ1) is 20.6. The highest BCUT2D eigenvalue weighted by atomic mass is 35.5. The largest absolute Gasteiger partial charge is 0.449 e. The maximum atomic E-state index is 12.4. The maximum absolute atomic E-state index is 12.4. The first-order valence-corrected chi connectivity index (χ1v) is 9.68. The Hall–Kier alpha value is -1.68.